The van der Waals surface area contributed by atoms with Crippen molar-refractivity contribution < 1.29 is 14.3 Å². The van der Waals surface area contributed by atoms with E-state index in [1.54, 1.807) is 7.11 Å². The highest BCUT2D eigenvalue weighted by molar-refractivity contribution is 6.32. The zero-order valence-electron chi connectivity index (χ0n) is 12.7. The maximum Gasteiger partial charge on any atom is 0.255 e. The summed E-state index contributed by atoms with van der Waals surface area (Å²) >= 11 is 6.26. The minimum Gasteiger partial charge on any atom is -0.493 e. The van der Waals surface area contributed by atoms with Crippen molar-refractivity contribution in [1.29, 1.82) is 0 Å². The van der Waals surface area contributed by atoms with Crippen LogP contribution in [0.3, 0.4) is 0 Å². The van der Waals surface area contributed by atoms with Gasteiger partial charge in [-0.3, -0.25) is 9.69 Å². The highest BCUT2D eigenvalue weighted by Crippen LogP contribution is 2.36. The highest BCUT2D eigenvalue weighted by Gasteiger charge is 2.15. The van der Waals surface area contributed by atoms with Gasteiger partial charge in [-0.15, -0.1) is 0 Å². The molecule has 0 aliphatic carbocycles. The van der Waals surface area contributed by atoms with E-state index in [2.05, 4.69) is 10.2 Å². The first kappa shape index (κ1) is 16.9. The molecule has 1 saturated heterocycles. The van der Waals surface area contributed by atoms with E-state index in [0.717, 1.165) is 44.7 Å². The van der Waals surface area contributed by atoms with Crippen molar-refractivity contribution in [2.24, 2.45) is 5.73 Å². The van der Waals surface area contributed by atoms with Gasteiger partial charge in [-0.2, -0.15) is 0 Å². The number of nitrogens with one attached hydrogen (secondary N) is 1. The normalized spacial score (nSPS) is 16.1. The molecule has 0 unspecified atom stereocenters. The number of benzene rings is 1. The van der Waals surface area contributed by atoms with Crippen LogP contribution < -0.4 is 20.5 Å². The Morgan fingerprint density at radius 2 is 2.23 bits per heavy atom. The number of nitrogens with zero attached hydrogens (tertiary/aromatic N) is 1. The van der Waals surface area contributed by atoms with E-state index in [-0.39, 0.29) is 6.61 Å². The average Bonchev–Trinajstić information content (AvgIpc) is 2.74. The lowest BCUT2D eigenvalue weighted by atomic mass is 10.1. The maximum atomic E-state index is 10.8. The number of carbonyl (C=O) groups excluding carboxylic acids is 1. The van der Waals surface area contributed by atoms with Crippen molar-refractivity contribution >= 4 is 17.5 Å². The molecule has 2 rings (SSSR count). The van der Waals surface area contributed by atoms with Crippen LogP contribution in [0, 0.1) is 0 Å². The molecule has 0 radical (unpaired) electrons. The molecule has 0 spiro atoms. The Balaban J connectivity index is 2.12. The predicted molar refractivity (Wildman–Crippen MR) is 85.5 cm³/mol. The van der Waals surface area contributed by atoms with Gasteiger partial charge in [0.25, 0.3) is 5.91 Å². The molecule has 22 heavy (non-hydrogen) atoms. The van der Waals surface area contributed by atoms with Gasteiger partial charge in [0, 0.05) is 19.6 Å². The van der Waals surface area contributed by atoms with Crippen LogP contribution in [-0.4, -0.2) is 50.7 Å². The second-order valence-electron chi connectivity index (χ2n) is 5.24. The average molecular weight is 328 g/mol. The van der Waals surface area contributed by atoms with E-state index in [1.165, 1.54) is 0 Å². The van der Waals surface area contributed by atoms with Crippen molar-refractivity contribution in [2.45, 2.75) is 13.0 Å². The van der Waals surface area contributed by atoms with E-state index in [0.29, 0.717) is 16.5 Å². The van der Waals surface area contributed by atoms with E-state index >= 15 is 0 Å². The second kappa shape index (κ2) is 8.22. The Labute approximate surface area is 135 Å². The van der Waals surface area contributed by atoms with Crippen molar-refractivity contribution in [3.05, 3.63) is 22.7 Å². The molecule has 0 aromatic heterocycles. The third kappa shape index (κ3) is 4.76. The Morgan fingerprint density at radius 1 is 1.41 bits per heavy atom. The van der Waals surface area contributed by atoms with Crippen LogP contribution in [0.5, 0.6) is 11.5 Å². The third-order valence-electron chi connectivity index (χ3n) is 3.49. The molecule has 122 valence electrons. The van der Waals surface area contributed by atoms with Crippen LogP contribution in [0.2, 0.25) is 5.02 Å². The van der Waals surface area contributed by atoms with Gasteiger partial charge in [-0.05, 0) is 37.2 Å². The van der Waals surface area contributed by atoms with E-state index in [9.17, 15) is 4.79 Å². The Kier molecular flexibility index (Phi) is 6.30. The molecule has 1 aliphatic heterocycles. The van der Waals surface area contributed by atoms with E-state index in [4.69, 9.17) is 26.8 Å². The first-order valence-electron chi connectivity index (χ1n) is 7.30. The van der Waals surface area contributed by atoms with E-state index in [1.807, 2.05) is 12.1 Å². The fourth-order valence-corrected chi connectivity index (χ4v) is 2.75. The van der Waals surface area contributed by atoms with Crippen LogP contribution in [0.4, 0.5) is 0 Å². The maximum absolute atomic E-state index is 10.8. The lowest BCUT2D eigenvalue weighted by Crippen LogP contribution is -2.27. The van der Waals surface area contributed by atoms with Gasteiger partial charge in [0.2, 0.25) is 0 Å². The van der Waals surface area contributed by atoms with Gasteiger partial charge in [-0.1, -0.05) is 11.6 Å². The van der Waals surface area contributed by atoms with Crippen LogP contribution in [-0.2, 0) is 11.3 Å². The number of halogens is 1. The smallest absolute Gasteiger partial charge is 0.255 e. The molecule has 7 heteroatoms. The van der Waals surface area contributed by atoms with Crippen molar-refractivity contribution in [1.82, 2.24) is 10.2 Å². The second-order valence-corrected chi connectivity index (χ2v) is 5.65. The van der Waals surface area contributed by atoms with Gasteiger partial charge in [0.15, 0.2) is 18.1 Å². The minimum atomic E-state index is -0.556. The number of carbonyl (C=O) groups is 1. The number of rotatable bonds is 6. The first-order chi connectivity index (χ1) is 10.6. The number of amides is 1. The number of nitrogens with two attached hydrogens (primary N) is 1. The quantitative estimate of drug-likeness (QED) is 0.815. The number of primary amides is 1. The van der Waals surface area contributed by atoms with Gasteiger partial charge in [0.05, 0.1) is 12.1 Å². The largest absolute Gasteiger partial charge is 0.493 e. The van der Waals surface area contributed by atoms with Crippen LogP contribution in [0.15, 0.2) is 12.1 Å². The minimum absolute atomic E-state index is 0.229. The Bertz CT molecular complexity index is 517. The number of hydrogen-bond acceptors (Lipinski definition) is 5. The lowest BCUT2D eigenvalue weighted by Gasteiger charge is -2.20. The summed E-state index contributed by atoms with van der Waals surface area (Å²) in [5, 5.41) is 3.80. The van der Waals surface area contributed by atoms with E-state index < -0.39 is 5.91 Å². The van der Waals surface area contributed by atoms with Crippen molar-refractivity contribution in [3.63, 3.8) is 0 Å². The Hall–Kier alpha value is -1.50. The highest BCUT2D eigenvalue weighted by atomic mass is 35.5. The standard InChI is InChI=1S/C15H22ClN3O3/c1-21-13-8-11(9-19-5-2-3-18-4-6-19)7-12(16)15(13)22-10-14(17)20/h7-8,18H,2-6,9-10H2,1H3,(H2,17,20). The molecule has 1 aromatic carbocycles. The molecule has 0 saturated carbocycles. The van der Waals surface area contributed by atoms with Crippen LogP contribution in [0.1, 0.15) is 12.0 Å². The number of methoxy groups -OCH3 is 1. The topological polar surface area (TPSA) is 76.8 Å². The van der Waals surface area contributed by atoms with Gasteiger partial charge in [0.1, 0.15) is 0 Å². The summed E-state index contributed by atoms with van der Waals surface area (Å²) in [6.45, 7) is 4.67. The molecule has 3 N–H and O–H groups in total. The number of hydrogen-bond donors (Lipinski definition) is 2. The van der Waals surface area contributed by atoms with Crippen LogP contribution >= 0.6 is 11.6 Å². The molecule has 1 aromatic rings. The van der Waals surface area contributed by atoms with Crippen LogP contribution in [0.25, 0.3) is 0 Å². The third-order valence-corrected chi connectivity index (χ3v) is 3.77. The fourth-order valence-electron chi connectivity index (χ4n) is 2.47. The fraction of sp³-hybridized carbons (Fsp3) is 0.533. The first-order valence-corrected chi connectivity index (χ1v) is 7.68. The van der Waals surface area contributed by atoms with Gasteiger partial charge < -0.3 is 20.5 Å². The summed E-state index contributed by atoms with van der Waals surface area (Å²) < 4.78 is 10.7. The van der Waals surface area contributed by atoms with Gasteiger partial charge in [-0.25, -0.2) is 0 Å². The van der Waals surface area contributed by atoms with Crippen molar-refractivity contribution in [3.8, 4) is 11.5 Å². The summed E-state index contributed by atoms with van der Waals surface area (Å²) in [6.07, 6.45) is 1.13. The molecule has 0 atom stereocenters. The predicted octanol–water partition coefficient (Wildman–Crippen LogP) is 1.01. The summed E-state index contributed by atoms with van der Waals surface area (Å²) in [6, 6.07) is 3.74. The summed E-state index contributed by atoms with van der Waals surface area (Å²) in [5.74, 6) is 0.306. The summed E-state index contributed by atoms with van der Waals surface area (Å²) in [5.41, 5.74) is 6.14. The monoisotopic (exact) mass is 327 g/mol. The summed E-state index contributed by atoms with van der Waals surface area (Å²) in [7, 11) is 1.54. The molecule has 1 aliphatic rings. The zero-order chi connectivity index (χ0) is 15.9. The lowest BCUT2D eigenvalue weighted by molar-refractivity contribution is -0.119. The molecular formula is C15H22ClN3O3. The number of ether oxygens (including phenoxy) is 2. The molecule has 6 nitrogen and oxygen atoms in total. The molecule has 1 heterocycles. The molecule has 1 amide bonds. The molecule has 1 fully saturated rings. The van der Waals surface area contributed by atoms with Crippen molar-refractivity contribution in [2.75, 3.05) is 39.9 Å². The Morgan fingerprint density at radius 3 is 2.95 bits per heavy atom. The zero-order valence-corrected chi connectivity index (χ0v) is 13.5. The molecular weight excluding hydrogens is 306 g/mol. The van der Waals surface area contributed by atoms with Gasteiger partial charge >= 0.3 is 0 Å². The molecule has 0 bridgehead atoms. The SMILES string of the molecule is COc1cc(CN2CCCNCC2)cc(Cl)c1OCC(N)=O. The summed E-state index contributed by atoms with van der Waals surface area (Å²) in [4.78, 5) is 13.2.